The molecule has 7 nitrogen and oxygen atoms in total. The lowest BCUT2D eigenvalue weighted by Crippen LogP contribution is -2.24. The topological polar surface area (TPSA) is 100 Å². The molecule has 1 aromatic carbocycles. The maximum atomic E-state index is 13.8. The summed E-state index contributed by atoms with van der Waals surface area (Å²) in [5, 5.41) is 0. The van der Waals surface area contributed by atoms with E-state index in [2.05, 4.69) is 25.9 Å². The highest BCUT2D eigenvalue weighted by Gasteiger charge is 2.14. The highest BCUT2D eigenvalue weighted by Crippen LogP contribution is 2.24. The van der Waals surface area contributed by atoms with Gasteiger partial charge in [0.2, 0.25) is 5.82 Å². The molecule has 150 valence electrons. The molecule has 0 atom stereocenters. The summed E-state index contributed by atoms with van der Waals surface area (Å²) in [6, 6.07) is 4.79. The van der Waals surface area contributed by atoms with Crippen LogP contribution in [-0.4, -0.2) is 20.4 Å². The third-order valence-electron chi connectivity index (χ3n) is 4.08. The molecule has 2 N–H and O–H groups in total. The number of benzene rings is 1. The lowest BCUT2D eigenvalue weighted by molar-refractivity contribution is 0.0990. The molecule has 0 fully saturated rings. The van der Waals surface area contributed by atoms with Crippen molar-refractivity contribution in [3.05, 3.63) is 85.8 Å². The van der Waals surface area contributed by atoms with E-state index in [1.807, 2.05) is 0 Å². The molecule has 2 aromatic heterocycles. The molecule has 29 heavy (non-hydrogen) atoms. The molecule has 0 saturated carbocycles. The zero-order chi connectivity index (χ0) is 21.1. The lowest BCUT2D eigenvalue weighted by Gasteiger charge is -2.14. The molecule has 0 saturated heterocycles. The summed E-state index contributed by atoms with van der Waals surface area (Å²) in [5.41, 5.74) is 6.06. The van der Waals surface area contributed by atoms with Crippen LogP contribution in [-0.2, 0) is 13.2 Å². The monoisotopic (exact) mass is 464 g/mol. The second-order valence-electron chi connectivity index (χ2n) is 6.16. The minimum Gasteiger partial charge on any atom is -0.487 e. The Balaban J connectivity index is 1.82. The Bertz CT molecular complexity index is 1130. The number of nitrogens with two attached hydrogens (primary N) is 1. The number of rotatable bonds is 6. The summed E-state index contributed by atoms with van der Waals surface area (Å²) in [6.45, 7) is 1.70. The number of aromatic nitrogens is 3. The number of primary amides is 1. The number of carbonyl (C=O) groups excluding carboxylic acids is 1. The Labute approximate surface area is 172 Å². The molecule has 10 heteroatoms. The minimum absolute atomic E-state index is 0.115. The summed E-state index contributed by atoms with van der Waals surface area (Å²) in [5.74, 6) is -2.04. The second-order valence-corrected chi connectivity index (χ2v) is 6.95. The quantitative estimate of drug-likeness (QED) is 0.604. The predicted octanol–water partition coefficient (Wildman–Crippen LogP) is 2.71. The molecule has 3 rings (SSSR count). The van der Waals surface area contributed by atoms with Gasteiger partial charge < -0.3 is 15.0 Å². The number of hydrogen-bond donors (Lipinski definition) is 1. The molecule has 1 amide bonds. The van der Waals surface area contributed by atoms with E-state index in [0.717, 1.165) is 12.1 Å². The third-order valence-corrected chi connectivity index (χ3v) is 4.81. The van der Waals surface area contributed by atoms with Gasteiger partial charge in [-0.1, -0.05) is 0 Å². The fourth-order valence-electron chi connectivity index (χ4n) is 2.56. The van der Waals surface area contributed by atoms with Gasteiger partial charge in [-0.25, -0.2) is 18.7 Å². The van der Waals surface area contributed by atoms with Gasteiger partial charge in [0.1, 0.15) is 28.5 Å². The molecular weight excluding hydrogens is 450 g/mol. The first kappa shape index (κ1) is 20.6. The maximum Gasteiger partial charge on any atom is 0.286 e. The first-order valence-corrected chi connectivity index (χ1v) is 9.13. The number of aryl methyl sites for hydroxylation is 1. The van der Waals surface area contributed by atoms with Crippen LogP contribution >= 0.6 is 15.9 Å². The van der Waals surface area contributed by atoms with Gasteiger partial charge in [-0.3, -0.25) is 9.59 Å². The van der Waals surface area contributed by atoms with Crippen LogP contribution in [0.3, 0.4) is 0 Å². The standard InChI is InChI=1S/C19H15BrF2N4O3/c1-10-4-15(29-9-12-2-3-13(21)5-14(12)22)16(20)19(28)26(10)8-11-6-24-18(17(23)27)25-7-11/h2-7H,8-9H2,1H3,(H2,23,27). The molecule has 0 bridgehead atoms. The minimum atomic E-state index is -0.744. The molecule has 0 aliphatic heterocycles. The van der Waals surface area contributed by atoms with Crippen LogP contribution in [0.1, 0.15) is 27.4 Å². The largest absolute Gasteiger partial charge is 0.487 e. The van der Waals surface area contributed by atoms with E-state index in [9.17, 15) is 18.4 Å². The molecule has 0 spiro atoms. The van der Waals surface area contributed by atoms with Crippen molar-refractivity contribution in [3.63, 3.8) is 0 Å². The summed E-state index contributed by atoms with van der Waals surface area (Å²) in [4.78, 5) is 31.5. The fourth-order valence-corrected chi connectivity index (χ4v) is 3.00. The molecule has 0 aliphatic rings. The van der Waals surface area contributed by atoms with E-state index in [1.165, 1.54) is 23.0 Å². The predicted molar refractivity (Wildman–Crippen MR) is 103 cm³/mol. The van der Waals surface area contributed by atoms with Gasteiger partial charge in [0.25, 0.3) is 11.5 Å². The third kappa shape index (κ3) is 4.65. The van der Waals surface area contributed by atoms with Crippen LogP contribution in [0.25, 0.3) is 0 Å². The highest BCUT2D eigenvalue weighted by atomic mass is 79.9. The van der Waals surface area contributed by atoms with E-state index in [-0.39, 0.29) is 40.3 Å². The Morgan fingerprint density at radius 2 is 1.93 bits per heavy atom. The van der Waals surface area contributed by atoms with Gasteiger partial charge in [0.15, 0.2) is 0 Å². The van der Waals surface area contributed by atoms with Crippen LogP contribution in [0, 0.1) is 18.6 Å². The van der Waals surface area contributed by atoms with Crippen LogP contribution in [0.2, 0.25) is 0 Å². The molecule has 0 radical (unpaired) electrons. The first-order chi connectivity index (χ1) is 13.8. The van der Waals surface area contributed by atoms with E-state index in [0.29, 0.717) is 11.3 Å². The van der Waals surface area contributed by atoms with Gasteiger partial charge in [0.05, 0.1) is 6.54 Å². The SMILES string of the molecule is Cc1cc(OCc2ccc(F)cc2F)c(Br)c(=O)n1Cc1cnc(C(N)=O)nc1. The van der Waals surface area contributed by atoms with Gasteiger partial charge in [-0.15, -0.1) is 0 Å². The van der Waals surface area contributed by atoms with Crippen molar-refractivity contribution in [2.24, 2.45) is 5.73 Å². The van der Waals surface area contributed by atoms with Gasteiger partial charge in [-0.2, -0.15) is 0 Å². The molecule has 0 unspecified atom stereocenters. The van der Waals surface area contributed by atoms with Crippen molar-refractivity contribution in [2.45, 2.75) is 20.1 Å². The normalized spacial score (nSPS) is 10.8. The summed E-state index contributed by atoms with van der Waals surface area (Å²) in [7, 11) is 0. The van der Waals surface area contributed by atoms with Crippen LogP contribution < -0.4 is 16.0 Å². The van der Waals surface area contributed by atoms with Gasteiger partial charge in [-0.05, 0) is 35.0 Å². The average Bonchev–Trinajstić information content (AvgIpc) is 2.68. The first-order valence-electron chi connectivity index (χ1n) is 8.33. The zero-order valence-electron chi connectivity index (χ0n) is 15.2. The molecule has 3 aromatic rings. The second kappa shape index (κ2) is 8.48. The number of halogens is 3. The van der Waals surface area contributed by atoms with Crippen LogP contribution in [0.15, 0.2) is 45.9 Å². The molecular formula is C19H15BrF2N4O3. The number of nitrogens with zero attached hydrogens (tertiary/aromatic N) is 3. The summed E-state index contributed by atoms with van der Waals surface area (Å²) in [6.07, 6.45) is 2.82. The van der Waals surface area contributed by atoms with Gasteiger partial charge >= 0.3 is 0 Å². The van der Waals surface area contributed by atoms with Crippen molar-refractivity contribution in [1.29, 1.82) is 0 Å². The number of amides is 1. The lowest BCUT2D eigenvalue weighted by atomic mass is 10.2. The highest BCUT2D eigenvalue weighted by molar-refractivity contribution is 9.10. The molecule has 0 aliphatic carbocycles. The number of pyridine rings is 1. The Kier molecular flexibility index (Phi) is 6.02. The van der Waals surface area contributed by atoms with Crippen molar-refractivity contribution in [1.82, 2.24) is 14.5 Å². The number of hydrogen-bond acceptors (Lipinski definition) is 5. The van der Waals surface area contributed by atoms with Crippen molar-refractivity contribution in [2.75, 3.05) is 0 Å². The van der Waals surface area contributed by atoms with Crippen molar-refractivity contribution in [3.8, 4) is 5.75 Å². The average molecular weight is 465 g/mol. The summed E-state index contributed by atoms with van der Waals surface area (Å²) < 4.78 is 33.9. The van der Waals surface area contributed by atoms with E-state index >= 15 is 0 Å². The smallest absolute Gasteiger partial charge is 0.286 e. The fraction of sp³-hybridized carbons (Fsp3) is 0.158. The Morgan fingerprint density at radius 1 is 1.24 bits per heavy atom. The Morgan fingerprint density at radius 3 is 2.55 bits per heavy atom. The maximum absolute atomic E-state index is 13.8. The Hall–Kier alpha value is -3.14. The molecule has 2 heterocycles. The van der Waals surface area contributed by atoms with E-state index in [1.54, 1.807) is 13.0 Å². The van der Waals surface area contributed by atoms with Gasteiger partial charge in [0, 0.05) is 41.3 Å². The summed E-state index contributed by atoms with van der Waals surface area (Å²) >= 11 is 3.21. The zero-order valence-corrected chi connectivity index (χ0v) is 16.7. The van der Waals surface area contributed by atoms with E-state index in [4.69, 9.17) is 10.5 Å². The van der Waals surface area contributed by atoms with Crippen LogP contribution in [0.5, 0.6) is 5.75 Å². The number of ether oxygens (including phenoxy) is 1. The van der Waals surface area contributed by atoms with Crippen molar-refractivity contribution < 1.29 is 18.3 Å². The van der Waals surface area contributed by atoms with Crippen molar-refractivity contribution >= 4 is 21.8 Å². The van der Waals surface area contributed by atoms with Crippen LogP contribution in [0.4, 0.5) is 8.78 Å². The van der Waals surface area contributed by atoms with E-state index < -0.39 is 17.5 Å². The number of carbonyl (C=O) groups is 1.